The maximum absolute atomic E-state index is 9.05. The molecular weight excluding hydrogens is 209 g/mol. The molecule has 0 rings (SSSR count). The molecule has 0 aromatic carbocycles. The number of nitriles is 1. The molecule has 0 aliphatic carbocycles. The molecule has 0 spiro atoms. The third-order valence-corrected chi connectivity index (χ3v) is 0. The summed E-state index contributed by atoms with van der Waals surface area (Å²) in [6.07, 6.45) is 0. The average Bonchev–Trinajstić information content (AvgIpc) is 1.27. The van der Waals surface area contributed by atoms with E-state index in [4.69, 9.17) is 18.2 Å². The van der Waals surface area contributed by atoms with Crippen molar-refractivity contribution in [2.75, 3.05) is 0 Å². The predicted octanol–water partition coefficient (Wildman–Crippen LogP) is -0.532. The number of hydrogen-bond acceptors (Lipinski definition) is 4. The zero-order valence-corrected chi connectivity index (χ0v) is 6.12. The standard InChI is InChI=1S/CHNS.K.H2O3S2.H/c2-1-3;;1-5(2,3)4;/h3H;;(H2,1,2,3,4);. The van der Waals surface area contributed by atoms with Crippen LogP contribution in [-0.2, 0) is 9.15 Å². The molecule has 0 aromatic heterocycles. The van der Waals surface area contributed by atoms with Crippen molar-refractivity contribution >= 4 is 84.8 Å². The summed E-state index contributed by atoms with van der Waals surface area (Å²) in [6.45, 7) is 0. The van der Waals surface area contributed by atoms with E-state index < -0.39 is 9.15 Å². The molecule has 4 nitrogen and oxygen atoms in total. The summed E-state index contributed by atoms with van der Waals surface area (Å²) in [5, 5.41) is 8.63. The Morgan fingerprint density at radius 3 is 1.56 bits per heavy atom. The van der Waals surface area contributed by atoms with Crippen molar-refractivity contribution in [2.24, 2.45) is 0 Å². The molecule has 0 heterocycles. The van der Waals surface area contributed by atoms with Gasteiger partial charge in [-0.3, -0.25) is 4.55 Å². The van der Waals surface area contributed by atoms with E-state index in [1.807, 2.05) is 0 Å². The minimum absolute atomic E-state index is 0. The fourth-order valence-electron chi connectivity index (χ4n) is 0. The van der Waals surface area contributed by atoms with Crippen LogP contribution in [0.2, 0.25) is 0 Å². The minimum atomic E-state index is -3.97. The predicted molar refractivity (Wildman–Crippen MR) is 42.3 cm³/mol. The Bertz CT molecular complexity index is 160. The fraction of sp³-hybridized carbons (Fsp3) is 0. The SMILES string of the molecule is N#CS.O=S(=O)(O)S.[KH]. The monoisotopic (exact) mass is 213 g/mol. The third-order valence-electron chi connectivity index (χ3n) is 0. The van der Waals surface area contributed by atoms with E-state index in [1.54, 1.807) is 0 Å². The van der Waals surface area contributed by atoms with Gasteiger partial charge in [0.15, 0.2) is 0 Å². The van der Waals surface area contributed by atoms with Crippen molar-refractivity contribution < 1.29 is 13.0 Å². The fourth-order valence-corrected chi connectivity index (χ4v) is 0. The summed E-state index contributed by atoms with van der Waals surface area (Å²) < 4.78 is 25.5. The van der Waals surface area contributed by atoms with Crippen molar-refractivity contribution in [1.29, 1.82) is 5.26 Å². The summed E-state index contributed by atoms with van der Waals surface area (Å²) in [5.41, 5.74) is 0. The van der Waals surface area contributed by atoms with Gasteiger partial charge in [-0.15, -0.1) is 0 Å². The molecule has 0 radical (unpaired) electrons. The van der Waals surface area contributed by atoms with Crippen molar-refractivity contribution in [3.63, 3.8) is 0 Å². The summed E-state index contributed by atoms with van der Waals surface area (Å²) in [5.74, 6) is 0. The molecule has 0 fully saturated rings. The molecule has 0 bridgehead atoms. The first-order valence-electron chi connectivity index (χ1n) is 1.15. The van der Waals surface area contributed by atoms with Gasteiger partial charge in [0.2, 0.25) is 0 Å². The molecular formula is CH4KNO3S3. The van der Waals surface area contributed by atoms with Gasteiger partial charge in [0.25, 0.3) is 0 Å². The van der Waals surface area contributed by atoms with Crippen molar-refractivity contribution in [1.82, 2.24) is 0 Å². The second-order valence-electron chi connectivity index (χ2n) is 0.548. The van der Waals surface area contributed by atoms with Gasteiger partial charge in [-0.1, -0.05) is 12.6 Å². The van der Waals surface area contributed by atoms with Crippen LogP contribution in [0.25, 0.3) is 0 Å². The van der Waals surface area contributed by atoms with Gasteiger partial charge < -0.3 is 0 Å². The van der Waals surface area contributed by atoms with Crippen molar-refractivity contribution in [3.8, 4) is 5.40 Å². The van der Waals surface area contributed by atoms with Crippen LogP contribution in [0.1, 0.15) is 0 Å². The van der Waals surface area contributed by atoms with Gasteiger partial charge in [0.1, 0.15) is 5.40 Å². The second kappa shape index (κ2) is 9.74. The first kappa shape index (κ1) is 17.0. The Hall–Kier alpha value is 1.74. The number of nitrogens with zero attached hydrogens (tertiary/aromatic N) is 1. The van der Waals surface area contributed by atoms with E-state index >= 15 is 0 Å². The van der Waals surface area contributed by atoms with Crippen LogP contribution in [0.4, 0.5) is 0 Å². The first-order valence-corrected chi connectivity index (χ1v) is 4.09. The normalized spacial score (nSPS) is 7.33. The second-order valence-corrected chi connectivity index (χ2v) is 3.03. The molecule has 0 atom stereocenters. The number of thiol groups is 2. The van der Waals surface area contributed by atoms with Crippen LogP contribution < -0.4 is 0 Å². The van der Waals surface area contributed by atoms with Crippen LogP contribution >= 0.6 is 24.3 Å². The number of rotatable bonds is 0. The van der Waals surface area contributed by atoms with E-state index in [1.165, 1.54) is 5.40 Å². The van der Waals surface area contributed by atoms with E-state index in [2.05, 4.69) is 24.3 Å². The molecule has 0 aliphatic rings. The van der Waals surface area contributed by atoms with E-state index in [9.17, 15) is 0 Å². The van der Waals surface area contributed by atoms with E-state index in [0.717, 1.165) is 0 Å². The summed E-state index contributed by atoms with van der Waals surface area (Å²) >= 11 is 5.74. The van der Waals surface area contributed by atoms with E-state index in [-0.39, 0.29) is 51.4 Å². The van der Waals surface area contributed by atoms with Crippen LogP contribution in [0.15, 0.2) is 0 Å². The molecule has 8 heteroatoms. The topological polar surface area (TPSA) is 78.2 Å². The van der Waals surface area contributed by atoms with Gasteiger partial charge in [-0.25, -0.2) is 0 Å². The summed E-state index contributed by atoms with van der Waals surface area (Å²) in [7, 11) is -3.97. The Labute approximate surface area is 106 Å². The molecule has 0 amide bonds. The van der Waals surface area contributed by atoms with Crippen LogP contribution in [-0.4, -0.2) is 64.4 Å². The molecule has 50 valence electrons. The van der Waals surface area contributed by atoms with E-state index in [0.29, 0.717) is 0 Å². The van der Waals surface area contributed by atoms with Crippen molar-refractivity contribution in [3.05, 3.63) is 0 Å². The number of hydrogen-bond donors (Lipinski definition) is 3. The molecule has 0 saturated heterocycles. The Morgan fingerprint density at radius 1 is 1.56 bits per heavy atom. The maximum atomic E-state index is 9.05. The zero-order valence-electron chi connectivity index (χ0n) is 3.51. The quantitative estimate of drug-likeness (QED) is 0.166. The summed E-state index contributed by atoms with van der Waals surface area (Å²) in [6, 6.07) is 0. The van der Waals surface area contributed by atoms with Crippen LogP contribution in [0, 0.1) is 10.7 Å². The Kier molecular flexibility index (Phi) is 18.4. The Morgan fingerprint density at radius 2 is 1.56 bits per heavy atom. The van der Waals surface area contributed by atoms with Gasteiger partial charge in [0.05, 0.1) is 0 Å². The average molecular weight is 213 g/mol. The van der Waals surface area contributed by atoms with Crippen LogP contribution in [0.5, 0.6) is 0 Å². The summed E-state index contributed by atoms with van der Waals surface area (Å²) in [4.78, 5) is 0. The van der Waals surface area contributed by atoms with Crippen LogP contribution in [0.3, 0.4) is 0 Å². The zero-order chi connectivity index (χ0) is 7.21. The molecule has 0 unspecified atom stereocenters. The number of thiocyanates is 1. The van der Waals surface area contributed by atoms with Gasteiger partial charge >= 0.3 is 60.5 Å². The van der Waals surface area contributed by atoms with Crippen molar-refractivity contribution in [2.45, 2.75) is 0 Å². The molecule has 0 aromatic rings. The first-order chi connectivity index (χ1) is 3.41. The molecule has 1 N–H and O–H groups in total. The van der Waals surface area contributed by atoms with Gasteiger partial charge in [-0.2, -0.15) is 13.7 Å². The van der Waals surface area contributed by atoms with Gasteiger partial charge in [0, 0.05) is 0 Å². The van der Waals surface area contributed by atoms with Gasteiger partial charge in [-0.05, 0) is 11.7 Å². The Balaban J connectivity index is -0.0000000800. The third kappa shape index (κ3) is 193. The molecule has 0 saturated carbocycles. The molecule has 9 heavy (non-hydrogen) atoms. The molecule has 0 aliphatic heterocycles.